The third-order valence-electron chi connectivity index (χ3n) is 4.92. The molecule has 6 heteroatoms. The molecule has 1 amide bonds. The van der Waals surface area contributed by atoms with E-state index in [0.29, 0.717) is 29.8 Å². The minimum absolute atomic E-state index is 0.220. The van der Waals surface area contributed by atoms with Gasteiger partial charge in [-0.05, 0) is 42.0 Å². The summed E-state index contributed by atoms with van der Waals surface area (Å²) in [6, 6.07) is 14.3. The number of hydrogen-bond donors (Lipinski definition) is 1. The van der Waals surface area contributed by atoms with Gasteiger partial charge in [-0.2, -0.15) is 0 Å². The lowest BCUT2D eigenvalue weighted by molar-refractivity contribution is -0.125. The Labute approximate surface area is 153 Å². The highest BCUT2D eigenvalue weighted by Gasteiger charge is 2.45. The van der Waals surface area contributed by atoms with Crippen LogP contribution in [0.25, 0.3) is 0 Å². The van der Waals surface area contributed by atoms with Crippen LogP contribution in [0, 0.1) is 0 Å². The Balaban J connectivity index is 1.87. The highest BCUT2D eigenvalue weighted by atomic mass is 35.5. The molecule has 25 heavy (non-hydrogen) atoms. The lowest BCUT2D eigenvalue weighted by Crippen LogP contribution is -2.45. The van der Waals surface area contributed by atoms with Gasteiger partial charge in [-0.25, -0.2) is 8.42 Å². The van der Waals surface area contributed by atoms with Crippen LogP contribution in [0.5, 0.6) is 0 Å². The predicted octanol–water partition coefficient (Wildman–Crippen LogP) is 3.58. The van der Waals surface area contributed by atoms with E-state index in [-0.39, 0.29) is 5.75 Å². The third-order valence-corrected chi connectivity index (χ3v) is 6.49. The van der Waals surface area contributed by atoms with Crippen LogP contribution >= 0.6 is 11.6 Å². The van der Waals surface area contributed by atoms with E-state index in [4.69, 9.17) is 11.6 Å². The number of amides is 1. The standard InChI is InChI=1S/C19H20ClNO3S/c1-2-19(12-11-15-16(19)9-6-10-17(15)20)18(22)21-25(23,24)13-14-7-4-3-5-8-14/h3-10H,2,11-13H2,1H3,(H,21,22). The smallest absolute Gasteiger partial charge is 0.244 e. The molecule has 1 unspecified atom stereocenters. The zero-order valence-electron chi connectivity index (χ0n) is 14.0. The molecule has 1 aliphatic carbocycles. The second-order valence-corrected chi connectivity index (χ2v) is 8.51. The van der Waals surface area contributed by atoms with Gasteiger partial charge in [0.25, 0.3) is 0 Å². The molecular formula is C19H20ClNO3S. The number of fused-ring (bicyclic) bond motifs is 1. The molecule has 1 N–H and O–H groups in total. The number of carbonyl (C=O) groups excluding carboxylic acids is 1. The molecule has 1 aliphatic rings. The van der Waals surface area contributed by atoms with E-state index in [1.54, 1.807) is 30.3 Å². The second-order valence-electron chi connectivity index (χ2n) is 6.38. The molecule has 0 bridgehead atoms. The largest absolute Gasteiger partial charge is 0.273 e. The van der Waals surface area contributed by atoms with Crippen LogP contribution in [-0.4, -0.2) is 14.3 Å². The zero-order valence-corrected chi connectivity index (χ0v) is 15.5. The molecule has 0 radical (unpaired) electrons. The Kier molecular flexibility index (Phi) is 4.89. The monoisotopic (exact) mass is 377 g/mol. The minimum Gasteiger partial charge on any atom is -0.273 e. The van der Waals surface area contributed by atoms with Gasteiger partial charge < -0.3 is 0 Å². The average molecular weight is 378 g/mol. The van der Waals surface area contributed by atoms with Crippen molar-refractivity contribution in [1.82, 2.24) is 4.72 Å². The van der Waals surface area contributed by atoms with Crippen molar-refractivity contribution in [2.45, 2.75) is 37.4 Å². The van der Waals surface area contributed by atoms with E-state index in [1.165, 1.54) is 0 Å². The molecule has 0 heterocycles. The molecule has 0 aliphatic heterocycles. The molecule has 132 valence electrons. The first-order valence-electron chi connectivity index (χ1n) is 8.25. The predicted molar refractivity (Wildman–Crippen MR) is 99.0 cm³/mol. The Bertz CT molecular complexity index is 896. The van der Waals surface area contributed by atoms with Crippen LogP contribution in [0.4, 0.5) is 0 Å². The Morgan fingerprint density at radius 3 is 2.56 bits per heavy atom. The molecule has 0 saturated heterocycles. The maximum atomic E-state index is 12.9. The van der Waals surface area contributed by atoms with E-state index in [1.807, 2.05) is 25.1 Å². The molecular weight excluding hydrogens is 358 g/mol. The summed E-state index contributed by atoms with van der Waals surface area (Å²) in [5.74, 6) is -0.686. The van der Waals surface area contributed by atoms with Crippen molar-refractivity contribution in [3.63, 3.8) is 0 Å². The molecule has 1 atom stereocenters. The van der Waals surface area contributed by atoms with Gasteiger partial charge in [-0.15, -0.1) is 0 Å². The van der Waals surface area contributed by atoms with Crippen molar-refractivity contribution in [3.8, 4) is 0 Å². The number of hydrogen-bond acceptors (Lipinski definition) is 3. The van der Waals surface area contributed by atoms with Crippen molar-refractivity contribution in [2.75, 3.05) is 0 Å². The normalized spacial score (nSPS) is 19.4. The second kappa shape index (κ2) is 6.81. The highest BCUT2D eigenvalue weighted by molar-refractivity contribution is 7.89. The van der Waals surface area contributed by atoms with Gasteiger partial charge in [0.05, 0.1) is 11.2 Å². The molecule has 0 fully saturated rings. The van der Waals surface area contributed by atoms with Crippen LogP contribution in [0.2, 0.25) is 5.02 Å². The molecule has 2 aromatic carbocycles. The fourth-order valence-electron chi connectivity index (χ4n) is 3.57. The fraction of sp³-hybridized carbons (Fsp3) is 0.316. The summed E-state index contributed by atoms with van der Waals surface area (Å²) in [6.45, 7) is 1.90. The number of halogens is 1. The first-order valence-corrected chi connectivity index (χ1v) is 10.3. The van der Waals surface area contributed by atoms with Gasteiger partial charge in [-0.3, -0.25) is 9.52 Å². The molecule has 4 nitrogen and oxygen atoms in total. The van der Waals surface area contributed by atoms with Crippen molar-refractivity contribution in [2.24, 2.45) is 0 Å². The SMILES string of the molecule is CCC1(C(=O)NS(=O)(=O)Cc2ccccc2)CCc2c(Cl)cccc21. The van der Waals surface area contributed by atoms with E-state index >= 15 is 0 Å². The Hall–Kier alpha value is -1.85. The third kappa shape index (κ3) is 3.44. The summed E-state index contributed by atoms with van der Waals surface area (Å²) in [7, 11) is -3.76. The van der Waals surface area contributed by atoms with Crippen LogP contribution in [0.3, 0.4) is 0 Å². The fourth-order valence-corrected chi connectivity index (χ4v) is 5.02. The Morgan fingerprint density at radius 1 is 1.16 bits per heavy atom. The summed E-state index contributed by atoms with van der Waals surface area (Å²) in [5.41, 5.74) is 1.59. The minimum atomic E-state index is -3.76. The average Bonchev–Trinajstić information content (AvgIpc) is 2.96. The summed E-state index contributed by atoms with van der Waals surface area (Å²) >= 11 is 6.25. The quantitative estimate of drug-likeness (QED) is 0.866. The maximum Gasteiger partial charge on any atom is 0.244 e. The van der Waals surface area contributed by atoms with E-state index in [9.17, 15) is 13.2 Å². The highest BCUT2D eigenvalue weighted by Crippen LogP contribution is 2.44. The van der Waals surface area contributed by atoms with Crippen molar-refractivity contribution in [3.05, 3.63) is 70.2 Å². The number of sulfonamides is 1. The summed E-state index contributed by atoms with van der Waals surface area (Å²) < 4.78 is 27.2. The van der Waals surface area contributed by atoms with Gasteiger partial charge in [-0.1, -0.05) is 61.0 Å². The van der Waals surface area contributed by atoms with E-state index in [2.05, 4.69) is 4.72 Å². The maximum absolute atomic E-state index is 12.9. The summed E-state index contributed by atoms with van der Waals surface area (Å²) in [6.07, 6.45) is 1.76. The molecule has 0 spiro atoms. The Morgan fingerprint density at radius 2 is 1.88 bits per heavy atom. The summed E-state index contributed by atoms with van der Waals surface area (Å²) in [5, 5.41) is 0.632. The van der Waals surface area contributed by atoms with Crippen LogP contribution in [0.1, 0.15) is 36.5 Å². The number of nitrogens with one attached hydrogen (secondary N) is 1. The first kappa shape index (κ1) is 18.0. The molecule has 0 aromatic heterocycles. The van der Waals surface area contributed by atoms with E-state index < -0.39 is 21.3 Å². The van der Waals surface area contributed by atoms with Crippen molar-refractivity contribution in [1.29, 1.82) is 0 Å². The molecule has 0 saturated carbocycles. The number of rotatable bonds is 5. The van der Waals surface area contributed by atoms with Crippen molar-refractivity contribution >= 4 is 27.5 Å². The molecule has 3 rings (SSSR count). The lowest BCUT2D eigenvalue weighted by atomic mass is 9.79. The van der Waals surface area contributed by atoms with Crippen LogP contribution in [-0.2, 0) is 32.4 Å². The van der Waals surface area contributed by atoms with Crippen LogP contribution < -0.4 is 4.72 Å². The van der Waals surface area contributed by atoms with Gasteiger partial charge in [0, 0.05) is 5.02 Å². The number of carbonyl (C=O) groups is 1. The van der Waals surface area contributed by atoms with Crippen molar-refractivity contribution < 1.29 is 13.2 Å². The molecule has 2 aromatic rings. The number of benzene rings is 2. The van der Waals surface area contributed by atoms with Gasteiger partial charge in [0.2, 0.25) is 15.9 Å². The van der Waals surface area contributed by atoms with Gasteiger partial charge in [0.1, 0.15) is 0 Å². The first-order chi connectivity index (χ1) is 11.9. The van der Waals surface area contributed by atoms with E-state index in [0.717, 1.165) is 11.1 Å². The van der Waals surface area contributed by atoms with Gasteiger partial charge >= 0.3 is 0 Å². The summed E-state index contributed by atoms with van der Waals surface area (Å²) in [4.78, 5) is 12.9. The van der Waals surface area contributed by atoms with Gasteiger partial charge in [0.15, 0.2) is 0 Å². The zero-order chi connectivity index (χ0) is 18.1. The van der Waals surface area contributed by atoms with Crippen LogP contribution in [0.15, 0.2) is 48.5 Å². The topological polar surface area (TPSA) is 63.2 Å². The lowest BCUT2D eigenvalue weighted by Gasteiger charge is -2.27.